The maximum atomic E-state index is 7.65. The first-order valence-corrected chi connectivity index (χ1v) is 13.5. The third-order valence-electron chi connectivity index (χ3n) is 5.11. The monoisotopic (exact) mass is 422 g/mol. The third-order valence-corrected chi connectivity index (χ3v) is 14.2. The van der Waals surface area contributed by atoms with Crippen molar-refractivity contribution in [1.82, 2.24) is 0 Å². The molecule has 2 heteroatoms. The number of nitrogens with zero attached hydrogens (tertiary/aromatic N) is 1. The van der Waals surface area contributed by atoms with Crippen molar-refractivity contribution in [2.45, 2.75) is 5.21 Å². The molecule has 0 fully saturated rings. The summed E-state index contributed by atoms with van der Waals surface area (Å²) in [5.41, 5.74) is 1.90. The quantitative estimate of drug-likeness (QED) is 0.330. The van der Waals surface area contributed by atoms with E-state index in [0.29, 0.717) is 0 Å². The van der Waals surface area contributed by atoms with E-state index in [2.05, 4.69) is 108 Å². The minimum absolute atomic E-state index is 0.760. The predicted octanol–water partition coefficient (Wildman–Crippen LogP) is 4.49. The minimum atomic E-state index is -2.83. The van der Waals surface area contributed by atoms with Crippen LogP contribution in [0.4, 0.5) is 5.69 Å². The van der Waals surface area contributed by atoms with Crippen molar-refractivity contribution in [3.63, 3.8) is 0 Å². The molecule has 0 radical (unpaired) electrons. The van der Waals surface area contributed by atoms with Crippen molar-refractivity contribution < 1.29 is 0 Å². The Labute approximate surface area is 169 Å². The van der Waals surface area contributed by atoms with E-state index < -0.39 is 13.6 Å². The fourth-order valence-electron chi connectivity index (χ4n) is 3.78. The van der Waals surface area contributed by atoms with Crippen LogP contribution in [0.3, 0.4) is 0 Å². The first kappa shape index (κ1) is 18.3. The van der Waals surface area contributed by atoms with Crippen molar-refractivity contribution >= 4 is 32.3 Å². The molecule has 4 aromatic rings. The van der Waals surface area contributed by atoms with Crippen molar-refractivity contribution in [2.24, 2.45) is 0 Å². The SMILES string of the molecule is [C-]#[N+]c1ccccc1C[As+](c1ccccc1)(c1ccccc1)c1ccccc1. The van der Waals surface area contributed by atoms with Crippen LogP contribution in [0, 0.1) is 6.57 Å². The second-order valence-electron chi connectivity index (χ2n) is 6.72. The molecule has 0 heterocycles. The van der Waals surface area contributed by atoms with Crippen LogP contribution in [-0.4, -0.2) is 13.6 Å². The average Bonchev–Trinajstić information content (AvgIpc) is 2.79. The molecule has 1 nitrogen and oxygen atoms in total. The Kier molecular flexibility index (Phi) is 5.43. The molecule has 0 amide bonds. The summed E-state index contributed by atoms with van der Waals surface area (Å²) in [5.74, 6) is 0. The fourth-order valence-corrected chi connectivity index (χ4v) is 12.7. The van der Waals surface area contributed by atoms with E-state index in [0.717, 1.165) is 16.5 Å². The number of hydrogen-bond donors (Lipinski definition) is 0. The van der Waals surface area contributed by atoms with E-state index in [1.54, 1.807) is 0 Å². The van der Waals surface area contributed by atoms with E-state index >= 15 is 0 Å². The number of rotatable bonds is 5. The van der Waals surface area contributed by atoms with Gasteiger partial charge in [-0.05, 0) is 0 Å². The summed E-state index contributed by atoms with van der Waals surface area (Å²) in [5, 5.41) is 0.898. The zero-order chi connectivity index (χ0) is 19.2. The van der Waals surface area contributed by atoms with Crippen LogP contribution in [0.5, 0.6) is 0 Å². The van der Waals surface area contributed by atoms with Gasteiger partial charge in [-0.15, -0.1) is 0 Å². The number of benzene rings is 4. The normalized spacial score (nSPS) is 11.0. The fraction of sp³-hybridized carbons (Fsp3) is 0.0385. The Hall–Kier alpha value is -3.07. The second kappa shape index (κ2) is 8.30. The molecule has 0 spiro atoms. The van der Waals surface area contributed by atoms with Crippen LogP contribution in [0.15, 0.2) is 115 Å². The van der Waals surface area contributed by atoms with Crippen molar-refractivity contribution in [3.8, 4) is 0 Å². The molecule has 0 aliphatic heterocycles. The molecule has 0 aromatic heterocycles. The van der Waals surface area contributed by atoms with Gasteiger partial charge in [-0.25, -0.2) is 0 Å². The Bertz CT molecular complexity index is 987. The number of hydrogen-bond acceptors (Lipinski definition) is 0. The summed E-state index contributed by atoms with van der Waals surface area (Å²) in [6.45, 7) is 7.65. The molecule has 4 rings (SSSR count). The van der Waals surface area contributed by atoms with Gasteiger partial charge in [0, 0.05) is 0 Å². The Morgan fingerprint density at radius 1 is 0.536 bits per heavy atom. The van der Waals surface area contributed by atoms with E-state index in [1.807, 2.05) is 12.1 Å². The van der Waals surface area contributed by atoms with Crippen LogP contribution in [-0.2, 0) is 5.21 Å². The standard InChI is InChI=1S/C26H21AsN/c1-28-26-20-12-11-13-22(26)21-27(23-14-5-2-6-15-23,24-16-7-3-8-17-24)25-18-9-4-10-19-25/h2-20H,21H2/q+1. The first-order chi connectivity index (χ1) is 13.8. The van der Waals surface area contributed by atoms with Gasteiger partial charge in [0.1, 0.15) is 0 Å². The van der Waals surface area contributed by atoms with Gasteiger partial charge in [0.05, 0.1) is 0 Å². The molecule has 0 aliphatic carbocycles. The van der Waals surface area contributed by atoms with Crippen LogP contribution >= 0.6 is 0 Å². The van der Waals surface area contributed by atoms with Crippen molar-refractivity contribution in [2.75, 3.05) is 0 Å². The van der Waals surface area contributed by atoms with Crippen LogP contribution in [0.1, 0.15) is 5.56 Å². The van der Waals surface area contributed by atoms with E-state index in [4.69, 9.17) is 6.57 Å². The van der Waals surface area contributed by atoms with Gasteiger partial charge < -0.3 is 0 Å². The number of para-hydroxylation sites is 1. The van der Waals surface area contributed by atoms with Crippen LogP contribution in [0.2, 0.25) is 0 Å². The maximum absolute atomic E-state index is 7.65. The summed E-state index contributed by atoms with van der Waals surface area (Å²) in [7, 11) is 0. The second-order valence-corrected chi connectivity index (χ2v) is 14.0. The molecule has 4 aromatic carbocycles. The zero-order valence-corrected chi connectivity index (χ0v) is 17.4. The van der Waals surface area contributed by atoms with Gasteiger partial charge in [0.2, 0.25) is 0 Å². The Morgan fingerprint density at radius 3 is 1.36 bits per heavy atom. The topological polar surface area (TPSA) is 4.36 Å². The summed E-state index contributed by atoms with van der Waals surface area (Å²) in [6, 6.07) is 40.8. The molecule has 0 aliphatic rings. The van der Waals surface area contributed by atoms with E-state index in [-0.39, 0.29) is 0 Å². The third kappa shape index (κ3) is 3.40. The van der Waals surface area contributed by atoms with Gasteiger partial charge in [0.25, 0.3) is 0 Å². The summed E-state index contributed by atoms with van der Waals surface area (Å²) in [6.07, 6.45) is 0. The molecular formula is C26H21AsN+. The first-order valence-electron chi connectivity index (χ1n) is 9.35. The van der Waals surface area contributed by atoms with Crippen LogP contribution in [0.25, 0.3) is 4.85 Å². The average molecular weight is 422 g/mol. The predicted molar refractivity (Wildman–Crippen MR) is 120 cm³/mol. The van der Waals surface area contributed by atoms with E-state index in [1.165, 1.54) is 13.1 Å². The molecule has 0 unspecified atom stereocenters. The molecule has 0 saturated carbocycles. The summed E-state index contributed by atoms with van der Waals surface area (Å²) < 4.78 is 4.20. The molecule has 0 saturated heterocycles. The summed E-state index contributed by atoms with van der Waals surface area (Å²) >= 11 is -2.83. The molecular weight excluding hydrogens is 401 g/mol. The molecule has 28 heavy (non-hydrogen) atoms. The van der Waals surface area contributed by atoms with Gasteiger partial charge >= 0.3 is 170 Å². The molecule has 134 valence electrons. The molecule has 0 N–H and O–H groups in total. The van der Waals surface area contributed by atoms with Gasteiger partial charge in [-0.1, -0.05) is 0 Å². The molecule has 0 atom stereocenters. The van der Waals surface area contributed by atoms with Crippen molar-refractivity contribution in [3.05, 3.63) is 132 Å². The Balaban J connectivity index is 2.03. The van der Waals surface area contributed by atoms with Gasteiger partial charge in [-0.3, -0.25) is 0 Å². The Morgan fingerprint density at radius 2 is 0.929 bits per heavy atom. The zero-order valence-electron chi connectivity index (χ0n) is 15.6. The van der Waals surface area contributed by atoms with Crippen molar-refractivity contribution in [1.29, 1.82) is 0 Å². The van der Waals surface area contributed by atoms with E-state index in [9.17, 15) is 0 Å². The van der Waals surface area contributed by atoms with Crippen LogP contribution < -0.4 is 13.1 Å². The van der Waals surface area contributed by atoms with Gasteiger partial charge in [0.15, 0.2) is 0 Å². The van der Waals surface area contributed by atoms with Gasteiger partial charge in [-0.2, -0.15) is 0 Å². The summed E-state index contributed by atoms with van der Waals surface area (Å²) in [4.78, 5) is 3.81. The molecule has 0 bridgehead atoms.